The molecule has 0 unspecified atom stereocenters. The van der Waals surface area contributed by atoms with Crippen molar-refractivity contribution in [2.45, 2.75) is 24.7 Å². The van der Waals surface area contributed by atoms with E-state index in [1.807, 2.05) is 0 Å². The van der Waals surface area contributed by atoms with Crippen molar-refractivity contribution in [2.75, 3.05) is 18.9 Å². The Kier molecular flexibility index (Phi) is 3.55. The Hall–Kier alpha value is -1.18. The van der Waals surface area contributed by atoms with Crippen molar-refractivity contribution in [3.63, 3.8) is 0 Å². The maximum Gasteiger partial charge on any atom is 0.240 e. The molecule has 1 aromatic rings. The summed E-state index contributed by atoms with van der Waals surface area (Å²) < 4.78 is 40.0. The molecule has 4 N–H and O–H groups in total. The minimum atomic E-state index is -3.81. The molecule has 0 aliphatic heterocycles. The molecule has 1 aromatic carbocycles. The molecule has 1 aliphatic carbocycles. The Morgan fingerprint density at radius 1 is 1.47 bits per heavy atom. The first-order valence-electron chi connectivity index (χ1n) is 5.96. The first-order valence-corrected chi connectivity index (χ1v) is 7.44. The Morgan fingerprint density at radius 3 is 2.58 bits per heavy atom. The average molecular weight is 288 g/mol. The number of nitrogen functional groups attached to an aromatic ring is 1. The zero-order valence-corrected chi connectivity index (χ0v) is 11.4. The van der Waals surface area contributed by atoms with Gasteiger partial charge in [-0.15, -0.1) is 0 Å². The Balaban J connectivity index is 2.20. The number of hydrogen-bond donors (Lipinski definition) is 3. The first-order chi connectivity index (χ1) is 8.80. The van der Waals surface area contributed by atoms with Crippen LogP contribution in [0.1, 0.15) is 18.4 Å². The number of rotatable bonds is 5. The third-order valence-electron chi connectivity index (χ3n) is 3.60. The van der Waals surface area contributed by atoms with Crippen LogP contribution in [0.3, 0.4) is 0 Å². The van der Waals surface area contributed by atoms with Gasteiger partial charge < -0.3 is 10.8 Å². The standard InChI is InChI=1S/C12H17FN2O3S/c1-8-10(13)4-9(5-11(8)14)19(17,18)15-6-12(7-16)2-3-12/h4-5,15-16H,2-3,6-7,14H2,1H3. The van der Waals surface area contributed by atoms with Gasteiger partial charge in [0.25, 0.3) is 0 Å². The van der Waals surface area contributed by atoms with Gasteiger partial charge in [-0.05, 0) is 31.9 Å². The van der Waals surface area contributed by atoms with E-state index in [2.05, 4.69) is 4.72 Å². The molecule has 0 spiro atoms. The number of aliphatic hydroxyl groups excluding tert-OH is 1. The molecule has 0 atom stereocenters. The molecule has 5 nitrogen and oxygen atoms in total. The van der Waals surface area contributed by atoms with Crippen LogP contribution in [0, 0.1) is 18.2 Å². The van der Waals surface area contributed by atoms with Gasteiger partial charge >= 0.3 is 0 Å². The minimum absolute atomic E-state index is 0.0556. The summed E-state index contributed by atoms with van der Waals surface area (Å²) in [6.07, 6.45) is 1.58. The normalized spacial score (nSPS) is 17.4. The van der Waals surface area contributed by atoms with E-state index >= 15 is 0 Å². The highest BCUT2D eigenvalue weighted by molar-refractivity contribution is 7.89. The molecule has 0 heterocycles. The van der Waals surface area contributed by atoms with E-state index in [1.165, 1.54) is 13.0 Å². The van der Waals surface area contributed by atoms with E-state index in [9.17, 15) is 12.8 Å². The Labute approximate surface area is 111 Å². The van der Waals surface area contributed by atoms with Crippen LogP contribution in [0.25, 0.3) is 0 Å². The second kappa shape index (κ2) is 4.73. The van der Waals surface area contributed by atoms with Crippen LogP contribution in [0.4, 0.5) is 10.1 Å². The number of halogens is 1. The molecule has 7 heteroatoms. The zero-order chi connectivity index (χ0) is 14.3. The molecule has 0 saturated heterocycles. The summed E-state index contributed by atoms with van der Waals surface area (Å²) in [7, 11) is -3.81. The highest BCUT2D eigenvalue weighted by Crippen LogP contribution is 2.44. The predicted molar refractivity (Wildman–Crippen MR) is 69.5 cm³/mol. The summed E-state index contributed by atoms with van der Waals surface area (Å²) in [5, 5.41) is 9.13. The molecule has 1 saturated carbocycles. The number of nitrogens with two attached hydrogens (primary N) is 1. The molecular weight excluding hydrogens is 271 g/mol. The van der Waals surface area contributed by atoms with Crippen molar-refractivity contribution < 1.29 is 17.9 Å². The van der Waals surface area contributed by atoms with E-state index < -0.39 is 15.8 Å². The highest BCUT2D eigenvalue weighted by Gasteiger charge is 2.42. The van der Waals surface area contributed by atoms with Gasteiger partial charge in [-0.3, -0.25) is 0 Å². The second-order valence-corrected chi connectivity index (χ2v) is 6.87. The summed E-state index contributed by atoms with van der Waals surface area (Å²) >= 11 is 0. The summed E-state index contributed by atoms with van der Waals surface area (Å²) in [5.41, 5.74) is 5.55. The van der Waals surface area contributed by atoms with Crippen molar-refractivity contribution in [2.24, 2.45) is 5.41 Å². The quantitative estimate of drug-likeness (QED) is 0.698. The van der Waals surface area contributed by atoms with Crippen LogP contribution in [0.15, 0.2) is 17.0 Å². The number of sulfonamides is 1. The first kappa shape index (κ1) is 14.2. The molecule has 2 rings (SSSR count). The van der Waals surface area contributed by atoms with Gasteiger partial charge in [-0.25, -0.2) is 17.5 Å². The van der Waals surface area contributed by atoms with E-state index in [4.69, 9.17) is 10.8 Å². The highest BCUT2D eigenvalue weighted by atomic mass is 32.2. The summed E-state index contributed by atoms with van der Waals surface area (Å²) in [5.74, 6) is -0.649. The van der Waals surface area contributed by atoms with Crippen LogP contribution in [-0.2, 0) is 10.0 Å². The lowest BCUT2D eigenvalue weighted by molar-refractivity contribution is 0.213. The van der Waals surface area contributed by atoms with E-state index in [1.54, 1.807) is 0 Å². The van der Waals surface area contributed by atoms with E-state index in [0.29, 0.717) is 0 Å². The van der Waals surface area contributed by atoms with Crippen LogP contribution in [-0.4, -0.2) is 26.7 Å². The third kappa shape index (κ3) is 2.88. The van der Waals surface area contributed by atoms with Crippen LogP contribution in [0.5, 0.6) is 0 Å². The smallest absolute Gasteiger partial charge is 0.240 e. The van der Waals surface area contributed by atoms with Crippen molar-refractivity contribution in [1.82, 2.24) is 4.72 Å². The second-order valence-electron chi connectivity index (χ2n) is 5.10. The van der Waals surface area contributed by atoms with Crippen molar-refractivity contribution in [1.29, 1.82) is 0 Å². The fourth-order valence-electron chi connectivity index (χ4n) is 1.73. The van der Waals surface area contributed by atoms with Gasteiger partial charge in [0, 0.05) is 29.8 Å². The Morgan fingerprint density at radius 2 is 2.11 bits per heavy atom. The number of anilines is 1. The topological polar surface area (TPSA) is 92.4 Å². The predicted octanol–water partition coefficient (Wildman–Crippen LogP) is 0.767. The van der Waals surface area contributed by atoms with Gasteiger partial charge in [0.15, 0.2) is 0 Å². The summed E-state index contributed by atoms with van der Waals surface area (Å²) in [6.45, 7) is 1.58. The molecule has 0 bridgehead atoms. The minimum Gasteiger partial charge on any atom is -0.398 e. The van der Waals surface area contributed by atoms with Crippen molar-refractivity contribution >= 4 is 15.7 Å². The maximum atomic E-state index is 13.5. The van der Waals surface area contributed by atoms with E-state index in [0.717, 1.165) is 18.9 Å². The number of benzene rings is 1. The number of hydrogen-bond acceptors (Lipinski definition) is 4. The van der Waals surface area contributed by atoms with Crippen molar-refractivity contribution in [3.8, 4) is 0 Å². The lowest BCUT2D eigenvalue weighted by Gasteiger charge is -2.14. The fraction of sp³-hybridized carbons (Fsp3) is 0.500. The van der Waals surface area contributed by atoms with Crippen LogP contribution >= 0.6 is 0 Å². The Bertz CT molecular complexity index is 574. The monoisotopic (exact) mass is 288 g/mol. The van der Waals surface area contributed by atoms with Crippen LogP contribution < -0.4 is 10.5 Å². The molecule has 0 radical (unpaired) electrons. The van der Waals surface area contributed by atoms with Gasteiger partial charge in [0.1, 0.15) is 5.82 Å². The molecule has 19 heavy (non-hydrogen) atoms. The third-order valence-corrected chi connectivity index (χ3v) is 4.98. The molecule has 1 aliphatic rings. The summed E-state index contributed by atoms with van der Waals surface area (Å²) in [6, 6.07) is 2.19. The molecule has 106 valence electrons. The number of nitrogens with one attached hydrogen (secondary N) is 1. The lowest BCUT2D eigenvalue weighted by Crippen LogP contribution is -2.32. The molecule has 1 fully saturated rings. The molecule has 0 aromatic heterocycles. The van der Waals surface area contributed by atoms with E-state index in [-0.39, 0.29) is 34.7 Å². The largest absolute Gasteiger partial charge is 0.398 e. The van der Waals surface area contributed by atoms with Gasteiger partial charge in [-0.2, -0.15) is 0 Å². The number of aliphatic hydroxyl groups is 1. The van der Waals surface area contributed by atoms with Gasteiger partial charge in [0.2, 0.25) is 10.0 Å². The average Bonchev–Trinajstić information content (AvgIpc) is 3.14. The van der Waals surface area contributed by atoms with Gasteiger partial charge in [-0.1, -0.05) is 0 Å². The molecular formula is C12H17FN2O3S. The summed E-state index contributed by atoms with van der Waals surface area (Å²) in [4.78, 5) is -0.193. The fourth-order valence-corrected chi connectivity index (χ4v) is 2.93. The van der Waals surface area contributed by atoms with Gasteiger partial charge in [0.05, 0.1) is 4.90 Å². The maximum absolute atomic E-state index is 13.5. The van der Waals surface area contributed by atoms with Crippen molar-refractivity contribution in [3.05, 3.63) is 23.5 Å². The SMILES string of the molecule is Cc1c(N)cc(S(=O)(=O)NCC2(CO)CC2)cc1F. The lowest BCUT2D eigenvalue weighted by atomic mass is 10.1. The van der Waals surface area contributed by atoms with Crippen LogP contribution in [0.2, 0.25) is 0 Å². The zero-order valence-electron chi connectivity index (χ0n) is 10.6. The molecule has 0 amide bonds.